The Hall–Kier alpha value is -6.56. The number of nitrogens with one attached hydrogen (secondary N) is 2. The highest BCUT2D eigenvalue weighted by Gasteiger charge is 2.19. The lowest BCUT2D eigenvalue weighted by Crippen LogP contribution is -2.27. The quantitative estimate of drug-likeness (QED) is 0.0637. The predicted octanol–water partition coefficient (Wildman–Crippen LogP) is 12.5. The fraction of sp³-hybridized carbons (Fsp3) is 0.228. The molecular formula is C57H54Cl4N6O4. The van der Waals surface area contributed by atoms with Crippen molar-refractivity contribution >= 4 is 103 Å². The summed E-state index contributed by atoms with van der Waals surface area (Å²) < 4.78 is 11.1. The topological polar surface area (TPSA) is 109 Å². The number of aromatic nitrogens is 2. The number of para-hydroxylation sites is 1. The lowest BCUT2D eigenvalue weighted by Gasteiger charge is -2.23. The van der Waals surface area contributed by atoms with Crippen molar-refractivity contribution in [1.29, 1.82) is 0 Å². The Morgan fingerprint density at radius 2 is 0.901 bits per heavy atom. The number of hydrogen-bond donors (Lipinski definition) is 2. The maximum Gasteiger partial charge on any atom is 0.231 e. The van der Waals surface area contributed by atoms with E-state index in [4.69, 9.17) is 65.8 Å². The maximum atomic E-state index is 12.9. The van der Waals surface area contributed by atoms with Gasteiger partial charge in [0.25, 0.3) is 0 Å². The SMILES string of the molecule is O=C(CNc1cc(-c2ccccc2)nc2cc3c(cc12)OCO3)Cc1ccc(N(CCCl)CCCl)cc1.O=C(CNc1cc(-c2ccccc2)nc2ccccc12)Cc1ccc(N(CCCl)CCCl)cc1. The smallest absolute Gasteiger partial charge is 0.231 e. The summed E-state index contributed by atoms with van der Waals surface area (Å²) in [6.45, 7) is 3.54. The Kier molecular flexibility index (Phi) is 18.3. The zero-order valence-electron chi connectivity index (χ0n) is 39.1. The Labute approximate surface area is 434 Å². The average molecular weight is 1030 g/mol. The lowest BCUT2D eigenvalue weighted by atomic mass is 10.1. The lowest BCUT2D eigenvalue weighted by molar-refractivity contribution is -0.117. The molecule has 0 amide bonds. The fourth-order valence-corrected chi connectivity index (χ4v) is 9.18. The summed E-state index contributed by atoms with van der Waals surface area (Å²) in [5.41, 5.74) is 11.2. The second-order valence-corrected chi connectivity index (χ2v) is 18.3. The first-order valence-electron chi connectivity index (χ1n) is 23.5. The number of Topliss-reactive ketones (excluding diaryl/α,β-unsaturated/α-hetero) is 2. The van der Waals surface area contributed by atoms with Crippen molar-refractivity contribution in [3.63, 3.8) is 0 Å². The molecule has 9 rings (SSSR count). The van der Waals surface area contributed by atoms with Gasteiger partial charge in [0, 0.05) is 113 Å². The number of pyridine rings is 2. The Morgan fingerprint density at radius 1 is 0.479 bits per heavy atom. The number of halogens is 4. The molecule has 0 aliphatic carbocycles. The first-order chi connectivity index (χ1) is 34.8. The van der Waals surface area contributed by atoms with Crippen LogP contribution in [0.4, 0.5) is 22.7 Å². The van der Waals surface area contributed by atoms with Gasteiger partial charge >= 0.3 is 0 Å². The fourth-order valence-electron chi connectivity index (χ4n) is 8.36. The second-order valence-electron chi connectivity index (χ2n) is 16.8. The van der Waals surface area contributed by atoms with Gasteiger partial charge in [0.2, 0.25) is 6.79 Å². The second kappa shape index (κ2) is 25.5. The highest BCUT2D eigenvalue weighted by atomic mass is 35.5. The van der Waals surface area contributed by atoms with E-state index in [9.17, 15) is 9.59 Å². The summed E-state index contributed by atoms with van der Waals surface area (Å²) >= 11 is 23.7. The van der Waals surface area contributed by atoms with E-state index in [0.29, 0.717) is 47.9 Å². The standard InChI is InChI=1S/C29H27Cl2N3O3.C28H27Cl2N3O/c30-10-12-34(13-11-31)22-8-6-20(7-9-22)14-23(35)18-32-26-16-25(21-4-2-1-3-5-21)33-27-17-29-28(15-24(26)27)36-19-37-29;29-14-16-33(17-15-30)23-12-10-21(11-13-23)18-24(34)20-31-28-19-27(22-6-2-1-3-7-22)32-26-9-5-4-8-25(26)28/h1-9,15-17H,10-14,18-19H2,(H,32,33);1-13,19H,14-18,20H2,(H,31,32). The number of carbonyl (C=O) groups is 2. The molecule has 364 valence electrons. The minimum atomic E-state index is 0.0816. The van der Waals surface area contributed by atoms with E-state index in [-0.39, 0.29) is 31.4 Å². The zero-order valence-corrected chi connectivity index (χ0v) is 42.2. The highest BCUT2D eigenvalue weighted by Crippen LogP contribution is 2.39. The van der Waals surface area contributed by atoms with Crippen molar-refractivity contribution in [2.75, 3.05) is 90.0 Å². The van der Waals surface area contributed by atoms with Crippen LogP contribution in [0.3, 0.4) is 0 Å². The van der Waals surface area contributed by atoms with E-state index >= 15 is 0 Å². The van der Waals surface area contributed by atoms with Crippen LogP contribution in [-0.2, 0) is 22.4 Å². The van der Waals surface area contributed by atoms with Crippen LogP contribution < -0.4 is 29.9 Å². The summed E-state index contributed by atoms with van der Waals surface area (Å²) in [6, 6.07) is 51.8. The third kappa shape index (κ3) is 13.7. The molecule has 0 fully saturated rings. The number of fused-ring (bicyclic) bond motifs is 3. The number of ketones is 2. The van der Waals surface area contributed by atoms with Gasteiger partial charge in [0.15, 0.2) is 23.1 Å². The van der Waals surface area contributed by atoms with Gasteiger partial charge in [-0.15, -0.1) is 46.4 Å². The van der Waals surface area contributed by atoms with Crippen molar-refractivity contribution in [3.05, 3.63) is 169 Å². The molecule has 8 aromatic rings. The van der Waals surface area contributed by atoms with E-state index in [2.05, 4.69) is 20.4 Å². The molecular weight excluding hydrogens is 974 g/mol. The number of ether oxygens (including phenoxy) is 2. The van der Waals surface area contributed by atoms with Crippen LogP contribution in [0.2, 0.25) is 0 Å². The minimum Gasteiger partial charge on any atom is -0.454 e. The number of hydrogen-bond acceptors (Lipinski definition) is 10. The van der Waals surface area contributed by atoms with E-state index in [1.807, 2.05) is 158 Å². The predicted molar refractivity (Wildman–Crippen MR) is 295 cm³/mol. The number of alkyl halides is 4. The summed E-state index contributed by atoms with van der Waals surface area (Å²) in [5.74, 6) is 3.68. The molecule has 2 N–H and O–H groups in total. The van der Waals surface area contributed by atoms with Crippen LogP contribution in [-0.4, -0.2) is 91.1 Å². The van der Waals surface area contributed by atoms with Crippen LogP contribution in [0.15, 0.2) is 158 Å². The monoisotopic (exact) mass is 1030 g/mol. The zero-order chi connectivity index (χ0) is 49.4. The molecule has 14 heteroatoms. The molecule has 6 aromatic carbocycles. The summed E-state index contributed by atoms with van der Waals surface area (Å²) in [7, 11) is 0. The summed E-state index contributed by atoms with van der Waals surface area (Å²) in [5, 5.41) is 8.58. The van der Waals surface area contributed by atoms with Gasteiger partial charge in [-0.2, -0.15) is 0 Å². The van der Waals surface area contributed by atoms with Crippen molar-refractivity contribution < 1.29 is 19.1 Å². The van der Waals surface area contributed by atoms with Gasteiger partial charge in [0.1, 0.15) is 0 Å². The summed E-state index contributed by atoms with van der Waals surface area (Å²) in [6.07, 6.45) is 0.700. The largest absolute Gasteiger partial charge is 0.454 e. The highest BCUT2D eigenvalue weighted by molar-refractivity contribution is 6.19. The van der Waals surface area contributed by atoms with Gasteiger partial charge in [0.05, 0.1) is 35.5 Å². The van der Waals surface area contributed by atoms with Gasteiger partial charge in [-0.1, -0.05) is 103 Å². The van der Waals surface area contributed by atoms with Crippen molar-refractivity contribution in [1.82, 2.24) is 9.97 Å². The van der Waals surface area contributed by atoms with Crippen LogP contribution in [0.1, 0.15) is 11.1 Å². The number of carbonyl (C=O) groups excluding carboxylic acids is 2. The molecule has 0 atom stereocenters. The molecule has 1 aliphatic heterocycles. The molecule has 0 radical (unpaired) electrons. The van der Waals surface area contributed by atoms with Crippen LogP contribution in [0, 0.1) is 0 Å². The number of rotatable bonds is 22. The molecule has 10 nitrogen and oxygen atoms in total. The van der Waals surface area contributed by atoms with E-state index in [1.165, 1.54) is 0 Å². The first kappa shape index (κ1) is 50.8. The third-order valence-electron chi connectivity index (χ3n) is 11.9. The molecule has 0 saturated heterocycles. The summed E-state index contributed by atoms with van der Waals surface area (Å²) in [4.78, 5) is 39.6. The van der Waals surface area contributed by atoms with Gasteiger partial charge < -0.3 is 29.9 Å². The van der Waals surface area contributed by atoms with E-state index in [1.54, 1.807) is 0 Å². The van der Waals surface area contributed by atoms with Gasteiger partial charge in [-0.3, -0.25) is 9.59 Å². The van der Waals surface area contributed by atoms with Crippen molar-refractivity contribution in [3.8, 4) is 34.0 Å². The van der Waals surface area contributed by atoms with Gasteiger partial charge in [-0.25, -0.2) is 9.97 Å². The number of benzene rings is 6. The van der Waals surface area contributed by atoms with Crippen LogP contribution >= 0.6 is 46.4 Å². The van der Waals surface area contributed by atoms with Crippen molar-refractivity contribution in [2.24, 2.45) is 0 Å². The van der Waals surface area contributed by atoms with Crippen LogP contribution in [0.5, 0.6) is 11.5 Å². The van der Waals surface area contributed by atoms with Crippen molar-refractivity contribution in [2.45, 2.75) is 12.8 Å². The van der Waals surface area contributed by atoms with E-state index < -0.39 is 0 Å². The normalized spacial score (nSPS) is 11.5. The molecule has 0 unspecified atom stereocenters. The molecule has 1 aliphatic rings. The average Bonchev–Trinajstić information content (AvgIpc) is 3.87. The Balaban J connectivity index is 0.000000191. The van der Waals surface area contributed by atoms with E-state index in [0.717, 1.165) is 104 Å². The maximum absolute atomic E-state index is 12.9. The molecule has 71 heavy (non-hydrogen) atoms. The number of anilines is 4. The first-order valence-corrected chi connectivity index (χ1v) is 25.6. The molecule has 0 bridgehead atoms. The Morgan fingerprint density at radius 3 is 1.38 bits per heavy atom. The third-order valence-corrected chi connectivity index (χ3v) is 12.6. The van der Waals surface area contributed by atoms with Crippen LogP contribution in [0.25, 0.3) is 44.3 Å². The molecule has 3 heterocycles. The Bertz CT molecular complexity index is 3010. The van der Waals surface area contributed by atoms with Gasteiger partial charge in [-0.05, 0) is 59.7 Å². The molecule has 0 spiro atoms. The minimum absolute atomic E-state index is 0.0816. The number of nitrogens with zero attached hydrogens (tertiary/aromatic N) is 4. The molecule has 0 saturated carbocycles. The molecule has 2 aromatic heterocycles.